The number of carbonyl (C=O) groups is 1. The summed E-state index contributed by atoms with van der Waals surface area (Å²) in [6.45, 7) is 5.55. The van der Waals surface area contributed by atoms with E-state index in [0.717, 1.165) is 24.1 Å². The molecule has 3 rings (SSSR count). The topological polar surface area (TPSA) is 32.3 Å². The maximum absolute atomic E-state index is 11.9. The molecule has 1 aromatic rings. The number of nitrogens with zero attached hydrogens (tertiary/aromatic N) is 1. The van der Waals surface area contributed by atoms with E-state index < -0.39 is 0 Å². The fraction of sp³-hybridized carbons (Fsp3) is 0.611. The van der Waals surface area contributed by atoms with Crippen LogP contribution in [0.5, 0.6) is 0 Å². The summed E-state index contributed by atoms with van der Waals surface area (Å²) in [7, 11) is 1.87. The van der Waals surface area contributed by atoms with E-state index in [1.807, 2.05) is 7.05 Å². The van der Waals surface area contributed by atoms with Crippen LogP contribution in [0.4, 0.5) is 5.69 Å². The van der Waals surface area contributed by atoms with Crippen molar-refractivity contribution >= 4 is 11.6 Å². The molecule has 3 nitrogen and oxygen atoms in total. The Hall–Kier alpha value is -1.35. The highest BCUT2D eigenvalue weighted by Crippen LogP contribution is 2.41. The van der Waals surface area contributed by atoms with Crippen LogP contribution in [0, 0.1) is 11.8 Å². The summed E-state index contributed by atoms with van der Waals surface area (Å²) in [5, 5.41) is 3.69. The van der Waals surface area contributed by atoms with Crippen LogP contribution < -0.4 is 10.2 Å². The minimum absolute atomic E-state index is 0.205. The molecule has 1 aliphatic heterocycles. The molecule has 1 heterocycles. The van der Waals surface area contributed by atoms with Crippen molar-refractivity contribution in [3.63, 3.8) is 0 Å². The summed E-state index contributed by atoms with van der Waals surface area (Å²) in [4.78, 5) is 13.6. The van der Waals surface area contributed by atoms with Gasteiger partial charge in [0.1, 0.15) is 0 Å². The number of fused-ring (bicyclic) bond motifs is 1. The van der Waals surface area contributed by atoms with Gasteiger partial charge in [-0.3, -0.25) is 4.79 Å². The number of rotatable bonds is 4. The maximum atomic E-state index is 11.9. The van der Waals surface area contributed by atoms with Gasteiger partial charge in [-0.25, -0.2) is 0 Å². The predicted molar refractivity (Wildman–Crippen MR) is 86.5 cm³/mol. The van der Waals surface area contributed by atoms with Gasteiger partial charge in [0.2, 0.25) is 5.91 Å². The molecule has 3 heteroatoms. The van der Waals surface area contributed by atoms with Gasteiger partial charge in [-0.1, -0.05) is 38.8 Å². The molecule has 1 aliphatic carbocycles. The van der Waals surface area contributed by atoms with Crippen LogP contribution in [0.15, 0.2) is 18.2 Å². The fourth-order valence-corrected chi connectivity index (χ4v) is 4.09. The first kappa shape index (κ1) is 14.6. The van der Waals surface area contributed by atoms with Crippen molar-refractivity contribution in [1.29, 1.82) is 0 Å². The number of benzene rings is 1. The van der Waals surface area contributed by atoms with Gasteiger partial charge in [0, 0.05) is 18.8 Å². The lowest BCUT2D eigenvalue weighted by atomic mass is 9.85. The van der Waals surface area contributed by atoms with E-state index in [-0.39, 0.29) is 5.91 Å². The quantitative estimate of drug-likeness (QED) is 0.921. The molecule has 0 bridgehead atoms. The highest BCUT2D eigenvalue weighted by atomic mass is 16.2. The van der Waals surface area contributed by atoms with Gasteiger partial charge >= 0.3 is 0 Å². The SMILES string of the molecule is CCNC(c1ccc2c(c1)CC(=O)N2C)C1CCCC1C. The highest BCUT2D eigenvalue weighted by Gasteiger charge is 2.32. The summed E-state index contributed by atoms with van der Waals surface area (Å²) >= 11 is 0. The minimum atomic E-state index is 0.205. The van der Waals surface area contributed by atoms with Gasteiger partial charge in [0.15, 0.2) is 0 Å². The van der Waals surface area contributed by atoms with E-state index in [1.165, 1.54) is 30.4 Å². The molecule has 114 valence electrons. The van der Waals surface area contributed by atoms with Gasteiger partial charge in [0.05, 0.1) is 6.42 Å². The monoisotopic (exact) mass is 286 g/mol. The average Bonchev–Trinajstić information content (AvgIpc) is 3.01. The summed E-state index contributed by atoms with van der Waals surface area (Å²) in [6, 6.07) is 7.03. The van der Waals surface area contributed by atoms with Crippen LogP contribution in [-0.2, 0) is 11.2 Å². The van der Waals surface area contributed by atoms with E-state index in [2.05, 4.69) is 37.4 Å². The van der Waals surface area contributed by atoms with Crippen molar-refractivity contribution in [1.82, 2.24) is 5.32 Å². The first-order chi connectivity index (χ1) is 10.1. The number of likely N-dealkylation sites (N-methyl/N-ethyl adjacent to an activating group) is 1. The summed E-state index contributed by atoms with van der Waals surface area (Å²) in [5.41, 5.74) is 3.63. The lowest BCUT2D eigenvalue weighted by Crippen LogP contribution is -2.29. The number of hydrogen-bond donors (Lipinski definition) is 1. The van der Waals surface area contributed by atoms with E-state index in [1.54, 1.807) is 4.90 Å². The predicted octanol–water partition coefficient (Wildman–Crippen LogP) is 3.29. The zero-order valence-electron chi connectivity index (χ0n) is 13.4. The molecule has 0 radical (unpaired) electrons. The molecule has 0 aromatic heterocycles. The van der Waals surface area contributed by atoms with Crippen molar-refractivity contribution in [3.8, 4) is 0 Å². The van der Waals surface area contributed by atoms with Crippen LogP contribution >= 0.6 is 0 Å². The van der Waals surface area contributed by atoms with Crippen molar-refractivity contribution in [2.75, 3.05) is 18.5 Å². The molecule has 3 unspecified atom stereocenters. The van der Waals surface area contributed by atoms with Gasteiger partial charge < -0.3 is 10.2 Å². The number of carbonyl (C=O) groups excluding carboxylic acids is 1. The molecule has 0 spiro atoms. The van der Waals surface area contributed by atoms with Gasteiger partial charge in [-0.05, 0) is 42.0 Å². The highest BCUT2D eigenvalue weighted by molar-refractivity contribution is 6.00. The van der Waals surface area contributed by atoms with Crippen molar-refractivity contribution < 1.29 is 4.79 Å². The van der Waals surface area contributed by atoms with Gasteiger partial charge in [0.25, 0.3) is 0 Å². The second-order valence-corrected chi connectivity index (χ2v) is 6.63. The zero-order valence-corrected chi connectivity index (χ0v) is 13.4. The Kier molecular flexibility index (Phi) is 4.03. The Balaban J connectivity index is 1.90. The smallest absolute Gasteiger partial charge is 0.231 e. The van der Waals surface area contributed by atoms with E-state index in [9.17, 15) is 4.79 Å². The number of nitrogens with one attached hydrogen (secondary N) is 1. The lowest BCUT2D eigenvalue weighted by molar-refractivity contribution is -0.117. The Morgan fingerprint density at radius 3 is 2.86 bits per heavy atom. The molecule has 1 fully saturated rings. The summed E-state index contributed by atoms with van der Waals surface area (Å²) < 4.78 is 0. The van der Waals surface area contributed by atoms with Crippen LogP contribution in [0.25, 0.3) is 0 Å². The Labute approximate surface area is 127 Å². The van der Waals surface area contributed by atoms with Gasteiger partial charge in [-0.15, -0.1) is 0 Å². The third-order valence-electron chi connectivity index (χ3n) is 5.32. The molecule has 21 heavy (non-hydrogen) atoms. The number of anilines is 1. The Bertz CT molecular complexity index is 540. The van der Waals surface area contributed by atoms with Crippen LogP contribution in [0.2, 0.25) is 0 Å². The maximum Gasteiger partial charge on any atom is 0.231 e. The third-order valence-corrected chi connectivity index (χ3v) is 5.32. The first-order valence-electron chi connectivity index (χ1n) is 8.24. The Morgan fingerprint density at radius 1 is 1.38 bits per heavy atom. The number of hydrogen-bond acceptors (Lipinski definition) is 2. The van der Waals surface area contributed by atoms with Crippen LogP contribution in [-0.4, -0.2) is 19.5 Å². The van der Waals surface area contributed by atoms with E-state index >= 15 is 0 Å². The molecule has 3 atom stereocenters. The van der Waals surface area contributed by atoms with Gasteiger partial charge in [-0.2, -0.15) is 0 Å². The molecule has 1 saturated carbocycles. The zero-order chi connectivity index (χ0) is 15.0. The molecule has 2 aliphatic rings. The molecule has 1 amide bonds. The first-order valence-corrected chi connectivity index (χ1v) is 8.24. The standard InChI is InChI=1S/C18H26N2O/c1-4-19-18(15-7-5-6-12(15)2)13-8-9-16-14(10-13)11-17(21)20(16)3/h8-10,12,15,18-19H,4-7,11H2,1-3H3. The van der Waals surface area contributed by atoms with Crippen molar-refractivity contribution in [2.45, 2.75) is 45.6 Å². The molecule has 1 N–H and O–H groups in total. The normalized spacial score (nSPS) is 26.2. The molecular formula is C18H26N2O. The third kappa shape index (κ3) is 2.59. The second kappa shape index (κ2) is 5.80. The molecular weight excluding hydrogens is 260 g/mol. The number of amides is 1. The lowest BCUT2D eigenvalue weighted by Gasteiger charge is -2.28. The average molecular weight is 286 g/mol. The molecule has 1 aromatic carbocycles. The van der Waals surface area contributed by atoms with Crippen LogP contribution in [0.1, 0.15) is 50.3 Å². The second-order valence-electron chi connectivity index (χ2n) is 6.63. The van der Waals surface area contributed by atoms with Crippen molar-refractivity contribution in [3.05, 3.63) is 29.3 Å². The fourth-order valence-electron chi connectivity index (χ4n) is 4.09. The minimum Gasteiger partial charge on any atom is -0.315 e. The van der Waals surface area contributed by atoms with Crippen molar-refractivity contribution in [2.24, 2.45) is 11.8 Å². The summed E-state index contributed by atoms with van der Waals surface area (Å²) in [6.07, 6.45) is 4.56. The van der Waals surface area contributed by atoms with E-state index in [4.69, 9.17) is 0 Å². The van der Waals surface area contributed by atoms with Crippen LogP contribution in [0.3, 0.4) is 0 Å². The largest absolute Gasteiger partial charge is 0.315 e. The Morgan fingerprint density at radius 2 is 2.19 bits per heavy atom. The van der Waals surface area contributed by atoms with E-state index in [0.29, 0.717) is 12.5 Å². The summed E-state index contributed by atoms with van der Waals surface area (Å²) in [5.74, 6) is 1.71. The molecule has 0 saturated heterocycles.